The van der Waals surface area contributed by atoms with E-state index in [1.54, 1.807) is 6.07 Å². The average Bonchev–Trinajstić information content (AvgIpc) is 2.07. The summed E-state index contributed by atoms with van der Waals surface area (Å²) in [6, 6.07) is 3.31. The van der Waals surface area contributed by atoms with Gasteiger partial charge >= 0.3 is 6.18 Å². The smallest absolute Gasteiger partial charge is 0.192 e. The lowest BCUT2D eigenvalue weighted by Gasteiger charge is -2.09. The molecule has 0 radical (unpaired) electrons. The van der Waals surface area contributed by atoms with Gasteiger partial charge < -0.3 is 0 Å². The molecule has 0 saturated carbocycles. The van der Waals surface area contributed by atoms with Crippen molar-refractivity contribution in [2.24, 2.45) is 0 Å². The van der Waals surface area contributed by atoms with Crippen LogP contribution >= 0.6 is 23.2 Å². The summed E-state index contributed by atoms with van der Waals surface area (Å²) in [5.41, 5.74) is -1.27. The molecule has 0 spiro atoms. The molecule has 1 nitrogen and oxygen atoms in total. The van der Waals surface area contributed by atoms with Gasteiger partial charge in [0.05, 0.1) is 27.2 Å². The fraction of sp³-hybridized carbons (Fsp3) is 0.125. The monoisotopic (exact) mass is 239 g/mol. The molecule has 14 heavy (non-hydrogen) atoms. The Kier molecular flexibility index (Phi) is 2.93. The fourth-order valence-electron chi connectivity index (χ4n) is 0.860. The van der Waals surface area contributed by atoms with Crippen LogP contribution in [0.4, 0.5) is 13.2 Å². The number of hydrogen-bond donors (Lipinski definition) is 0. The Morgan fingerprint density at radius 2 is 1.79 bits per heavy atom. The van der Waals surface area contributed by atoms with Crippen molar-refractivity contribution >= 4 is 23.2 Å². The molecule has 0 aromatic heterocycles. The minimum Gasteiger partial charge on any atom is -0.192 e. The molecule has 1 aromatic carbocycles. The maximum absolute atomic E-state index is 12.3. The molecule has 0 N–H and O–H groups in total. The Balaban J connectivity index is 3.44. The van der Waals surface area contributed by atoms with E-state index in [2.05, 4.69) is 0 Å². The number of nitriles is 1. The minimum atomic E-state index is -4.60. The first-order chi connectivity index (χ1) is 6.36. The van der Waals surface area contributed by atoms with Crippen molar-refractivity contribution in [3.63, 3.8) is 0 Å². The third-order valence-electron chi connectivity index (χ3n) is 1.46. The van der Waals surface area contributed by atoms with Crippen molar-refractivity contribution < 1.29 is 13.2 Å². The highest BCUT2D eigenvalue weighted by Crippen LogP contribution is 2.38. The summed E-state index contributed by atoms with van der Waals surface area (Å²) in [5.74, 6) is 0. The van der Waals surface area contributed by atoms with Crippen molar-refractivity contribution in [3.05, 3.63) is 33.3 Å². The van der Waals surface area contributed by atoms with Gasteiger partial charge in [0.25, 0.3) is 0 Å². The van der Waals surface area contributed by atoms with Gasteiger partial charge in [-0.15, -0.1) is 0 Å². The van der Waals surface area contributed by atoms with E-state index >= 15 is 0 Å². The molecule has 1 rings (SSSR count). The molecule has 0 unspecified atom stereocenters. The molecule has 0 aliphatic heterocycles. The molecule has 6 heteroatoms. The maximum atomic E-state index is 12.3. The number of halogens is 5. The summed E-state index contributed by atoms with van der Waals surface area (Å²) in [7, 11) is 0. The van der Waals surface area contributed by atoms with Crippen LogP contribution in [-0.2, 0) is 6.18 Å². The topological polar surface area (TPSA) is 23.8 Å². The van der Waals surface area contributed by atoms with E-state index in [-0.39, 0.29) is 10.6 Å². The van der Waals surface area contributed by atoms with E-state index < -0.39 is 16.8 Å². The van der Waals surface area contributed by atoms with Crippen LogP contribution in [0.3, 0.4) is 0 Å². The van der Waals surface area contributed by atoms with Gasteiger partial charge in [0, 0.05) is 0 Å². The minimum absolute atomic E-state index is 0.174. The van der Waals surface area contributed by atoms with Crippen molar-refractivity contribution in [2.75, 3.05) is 0 Å². The Morgan fingerprint density at radius 1 is 1.21 bits per heavy atom. The zero-order chi connectivity index (χ0) is 10.9. The fourth-order valence-corrected chi connectivity index (χ4v) is 1.30. The Bertz CT molecular complexity index is 406. The first-order valence-corrected chi connectivity index (χ1v) is 4.08. The van der Waals surface area contributed by atoms with Crippen LogP contribution in [0.25, 0.3) is 0 Å². The summed E-state index contributed by atoms with van der Waals surface area (Å²) in [5, 5.41) is 7.56. The van der Waals surface area contributed by atoms with E-state index in [1.807, 2.05) is 0 Å². The predicted molar refractivity (Wildman–Crippen MR) is 46.2 cm³/mol. The zero-order valence-electron chi connectivity index (χ0n) is 6.49. The van der Waals surface area contributed by atoms with E-state index in [1.165, 1.54) is 0 Å². The van der Waals surface area contributed by atoms with Crippen molar-refractivity contribution in [2.45, 2.75) is 6.18 Å². The van der Waals surface area contributed by atoms with E-state index in [0.717, 1.165) is 6.07 Å². The first-order valence-electron chi connectivity index (χ1n) is 3.32. The van der Waals surface area contributed by atoms with Crippen LogP contribution in [0.15, 0.2) is 12.1 Å². The summed E-state index contributed by atoms with van der Waals surface area (Å²) >= 11 is 10.8. The van der Waals surface area contributed by atoms with Gasteiger partial charge in [0.1, 0.15) is 0 Å². The van der Waals surface area contributed by atoms with Gasteiger partial charge in [-0.2, -0.15) is 18.4 Å². The van der Waals surface area contributed by atoms with E-state index in [9.17, 15) is 13.2 Å². The second-order valence-electron chi connectivity index (χ2n) is 2.43. The molecular weight excluding hydrogens is 238 g/mol. The van der Waals surface area contributed by atoms with Crippen LogP contribution in [-0.4, -0.2) is 0 Å². The van der Waals surface area contributed by atoms with E-state index in [0.29, 0.717) is 6.07 Å². The molecule has 0 aliphatic rings. The van der Waals surface area contributed by atoms with Crippen LogP contribution in [0, 0.1) is 11.3 Å². The summed E-state index contributed by atoms with van der Waals surface area (Å²) in [6.45, 7) is 0. The van der Waals surface area contributed by atoms with Crippen LogP contribution in [0.5, 0.6) is 0 Å². The second kappa shape index (κ2) is 3.68. The average molecular weight is 240 g/mol. The Hall–Kier alpha value is -0.920. The molecule has 0 amide bonds. The van der Waals surface area contributed by atoms with Gasteiger partial charge in [-0.1, -0.05) is 23.2 Å². The first kappa shape index (κ1) is 11.2. The standard InChI is InChI=1S/C8H2Cl2F3N/c9-6-2-4(3-14)1-5(7(6)10)8(11,12)13/h1-2H. The highest BCUT2D eigenvalue weighted by atomic mass is 35.5. The van der Waals surface area contributed by atoms with Crippen LogP contribution in [0.1, 0.15) is 11.1 Å². The molecule has 0 bridgehead atoms. The number of benzene rings is 1. The van der Waals surface area contributed by atoms with Gasteiger partial charge in [0.15, 0.2) is 0 Å². The van der Waals surface area contributed by atoms with Gasteiger partial charge in [-0.3, -0.25) is 0 Å². The molecule has 0 fully saturated rings. The Labute approximate surface area is 87.7 Å². The Morgan fingerprint density at radius 3 is 2.21 bits per heavy atom. The maximum Gasteiger partial charge on any atom is 0.417 e. The van der Waals surface area contributed by atoms with Crippen molar-refractivity contribution in [1.29, 1.82) is 5.26 Å². The highest BCUT2D eigenvalue weighted by Gasteiger charge is 2.34. The molecular formula is C8H2Cl2F3N. The number of rotatable bonds is 0. The van der Waals surface area contributed by atoms with Crippen LogP contribution in [0.2, 0.25) is 10.0 Å². The van der Waals surface area contributed by atoms with Crippen molar-refractivity contribution in [3.8, 4) is 6.07 Å². The third-order valence-corrected chi connectivity index (χ3v) is 2.26. The predicted octanol–water partition coefficient (Wildman–Crippen LogP) is 3.88. The SMILES string of the molecule is N#Cc1cc(Cl)c(Cl)c(C(F)(F)F)c1. The summed E-state index contributed by atoms with van der Waals surface area (Å²) in [4.78, 5) is 0. The van der Waals surface area contributed by atoms with Gasteiger partial charge in [-0.25, -0.2) is 0 Å². The van der Waals surface area contributed by atoms with Crippen LogP contribution < -0.4 is 0 Å². The van der Waals surface area contributed by atoms with E-state index in [4.69, 9.17) is 28.5 Å². The normalized spacial score (nSPS) is 11.1. The zero-order valence-corrected chi connectivity index (χ0v) is 8.00. The quantitative estimate of drug-likeness (QED) is 0.674. The molecule has 0 saturated heterocycles. The number of nitrogens with zero attached hydrogens (tertiary/aromatic N) is 1. The summed E-state index contributed by atoms with van der Waals surface area (Å²) in [6.07, 6.45) is -4.60. The summed E-state index contributed by atoms with van der Waals surface area (Å²) < 4.78 is 36.9. The molecule has 1 aromatic rings. The molecule has 0 heterocycles. The third kappa shape index (κ3) is 2.11. The largest absolute Gasteiger partial charge is 0.417 e. The molecule has 74 valence electrons. The molecule has 0 aliphatic carbocycles. The van der Waals surface area contributed by atoms with Crippen molar-refractivity contribution in [1.82, 2.24) is 0 Å². The molecule has 0 atom stereocenters. The second-order valence-corrected chi connectivity index (χ2v) is 3.21. The lowest BCUT2D eigenvalue weighted by atomic mass is 10.1. The van der Waals surface area contributed by atoms with Gasteiger partial charge in [-0.05, 0) is 12.1 Å². The number of hydrogen-bond acceptors (Lipinski definition) is 1. The highest BCUT2D eigenvalue weighted by molar-refractivity contribution is 6.42. The lowest BCUT2D eigenvalue weighted by molar-refractivity contribution is -0.137. The number of alkyl halides is 3. The lowest BCUT2D eigenvalue weighted by Crippen LogP contribution is -2.06. The van der Waals surface area contributed by atoms with Gasteiger partial charge in [0.2, 0.25) is 0 Å².